The molecule has 1 amide bonds. The number of hydrogen-bond acceptors (Lipinski definition) is 4. The van der Waals surface area contributed by atoms with Crippen LogP contribution >= 0.6 is 0 Å². The van der Waals surface area contributed by atoms with Crippen LogP contribution in [0.15, 0.2) is 0 Å². The van der Waals surface area contributed by atoms with Gasteiger partial charge in [0.1, 0.15) is 6.61 Å². The van der Waals surface area contributed by atoms with Crippen molar-refractivity contribution in [3.05, 3.63) is 0 Å². The number of carbonyl (C=O) groups excluding carboxylic acids is 1. The molecule has 1 heterocycles. The summed E-state index contributed by atoms with van der Waals surface area (Å²) in [4.78, 5) is 13.3. The first-order valence-electron chi connectivity index (χ1n) is 6.09. The lowest BCUT2D eigenvalue weighted by Gasteiger charge is -2.35. The van der Waals surface area contributed by atoms with Crippen LogP contribution in [-0.4, -0.2) is 61.0 Å². The highest BCUT2D eigenvalue weighted by atomic mass is 16.5. The number of ether oxygens (including phenoxy) is 2. The predicted molar refractivity (Wildman–Crippen MR) is 63.7 cm³/mol. The van der Waals surface area contributed by atoms with E-state index in [1.54, 1.807) is 7.05 Å². The van der Waals surface area contributed by atoms with Crippen molar-refractivity contribution < 1.29 is 19.4 Å². The number of amides is 1. The maximum Gasteiger partial charge on any atom is 0.248 e. The third kappa shape index (κ3) is 5.02. The molecule has 0 spiro atoms. The van der Waals surface area contributed by atoms with E-state index in [1.807, 2.05) is 13.8 Å². The molecular formula is C12H23NO4. The lowest BCUT2D eigenvalue weighted by Crippen LogP contribution is -2.48. The first kappa shape index (κ1) is 14.4. The van der Waals surface area contributed by atoms with Gasteiger partial charge in [-0.05, 0) is 13.8 Å². The highest BCUT2D eigenvalue weighted by molar-refractivity contribution is 5.77. The Labute approximate surface area is 103 Å². The van der Waals surface area contributed by atoms with Crippen LogP contribution in [0, 0.1) is 0 Å². The number of nitrogens with zero attached hydrogens (tertiary/aromatic N) is 1. The molecule has 0 saturated carbocycles. The van der Waals surface area contributed by atoms with Gasteiger partial charge in [-0.3, -0.25) is 4.79 Å². The molecule has 5 nitrogen and oxygen atoms in total. The zero-order valence-electron chi connectivity index (χ0n) is 10.9. The molecule has 0 aliphatic carbocycles. The standard InChI is InChI=1S/C12H23NO4/c1-10(2)17-8-11(14)13(3)9-12(15)4-6-16-7-5-12/h10,15H,4-9H2,1-3H3. The lowest BCUT2D eigenvalue weighted by atomic mass is 9.94. The molecule has 17 heavy (non-hydrogen) atoms. The minimum absolute atomic E-state index is 0.0403. The summed E-state index contributed by atoms with van der Waals surface area (Å²) in [6, 6.07) is 0. The smallest absolute Gasteiger partial charge is 0.248 e. The van der Waals surface area contributed by atoms with Crippen LogP contribution in [0.25, 0.3) is 0 Å². The summed E-state index contributed by atoms with van der Waals surface area (Å²) in [6.45, 7) is 5.30. The van der Waals surface area contributed by atoms with Crippen molar-refractivity contribution >= 4 is 5.91 Å². The second-order valence-electron chi connectivity index (χ2n) is 4.95. The molecular weight excluding hydrogens is 222 g/mol. The van der Waals surface area contributed by atoms with Gasteiger partial charge in [0.15, 0.2) is 0 Å². The van der Waals surface area contributed by atoms with Gasteiger partial charge in [0.2, 0.25) is 5.91 Å². The van der Waals surface area contributed by atoms with Gasteiger partial charge in [0.25, 0.3) is 0 Å². The molecule has 0 aromatic carbocycles. The zero-order valence-corrected chi connectivity index (χ0v) is 10.9. The summed E-state index contributed by atoms with van der Waals surface area (Å²) in [5, 5.41) is 10.3. The fourth-order valence-corrected chi connectivity index (χ4v) is 1.79. The molecule has 5 heteroatoms. The fourth-order valence-electron chi connectivity index (χ4n) is 1.79. The predicted octanol–water partition coefficient (Wildman–Crippen LogP) is 0.411. The molecule has 1 rings (SSSR count). The molecule has 1 saturated heterocycles. The molecule has 1 fully saturated rings. The first-order valence-corrected chi connectivity index (χ1v) is 6.09. The Kier molecular flexibility index (Phi) is 5.36. The van der Waals surface area contributed by atoms with E-state index in [4.69, 9.17) is 9.47 Å². The van der Waals surface area contributed by atoms with Crippen LogP contribution in [0.4, 0.5) is 0 Å². The second-order valence-corrected chi connectivity index (χ2v) is 4.95. The largest absolute Gasteiger partial charge is 0.388 e. The van der Waals surface area contributed by atoms with Crippen molar-refractivity contribution in [2.75, 3.05) is 33.4 Å². The molecule has 0 aromatic rings. The van der Waals surface area contributed by atoms with Gasteiger partial charge in [0, 0.05) is 39.6 Å². The van der Waals surface area contributed by atoms with Crippen LogP contribution < -0.4 is 0 Å². The number of aliphatic hydroxyl groups is 1. The molecule has 0 unspecified atom stereocenters. The molecule has 0 bridgehead atoms. The summed E-state index contributed by atoms with van der Waals surface area (Å²) < 4.78 is 10.4. The third-order valence-corrected chi connectivity index (χ3v) is 2.92. The Balaban J connectivity index is 2.36. The molecule has 0 atom stereocenters. The van der Waals surface area contributed by atoms with Crippen LogP contribution in [0.3, 0.4) is 0 Å². The summed E-state index contributed by atoms with van der Waals surface area (Å²) in [6.07, 6.45) is 1.20. The van der Waals surface area contributed by atoms with Crippen LogP contribution in [0.1, 0.15) is 26.7 Å². The highest BCUT2D eigenvalue weighted by Crippen LogP contribution is 2.21. The van der Waals surface area contributed by atoms with E-state index in [9.17, 15) is 9.90 Å². The first-order chi connectivity index (χ1) is 7.93. The van der Waals surface area contributed by atoms with Crippen molar-refractivity contribution in [2.45, 2.75) is 38.4 Å². The summed E-state index contributed by atoms with van der Waals surface area (Å²) in [7, 11) is 1.69. The van der Waals surface area contributed by atoms with Crippen molar-refractivity contribution in [1.82, 2.24) is 4.90 Å². The average Bonchev–Trinajstić information content (AvgIpc) is 2.26. The van der Waals surface area contributed by atoms with Gasteiger partial charge in [-0.25, -0.2) is 0 Å². The van der Waals surface area contributed by atoms with E-state index in [-0.39, 0.29) is 18.6 Å². The van der Waals surface area contributed by atoms with Crippen molar-refractivity contribution in [2.24, 2.45) is 0 Å². The Bertz CT molecular complexity index is 249. The van der Waals surface area contributed by atoms with Crippen LogP contribution in [0.2, 0.25) is 0 Å². The van der Waals surface area contributed by atoms with Gasteiger partial charge in [-0.1, -0.05) is 0 Å². The number of carbonyl (C=O) groups is 1. The van der Waals surface area contributed by atoms with Gasteiger partial charge in [0.05, 0.1) is 11.7 Å². The number of hydrogen-bond donors (Lipinski definition) is 1. The Morgan fingerprint density at radius 2 is 2.06 bits per heavy atom. The molecule has 1 aliphatic rings. The number of rotatable bonds is 5. The van der Waals surface area contributed by atoms with Gasteiger partial charge in [-0.15, -0.1) is 0 Å². The molecule has 0 aromatic heterocycles. The summed E-state index contributed by atoms with van der Waals surface area (Å²) >= 11 is 0. The average molecular weight is 245 g/mol. The number of likely N-dealkylation sites (N-methyl/N-ethyl adjacent to an activating group) is 1. The van der Waals surface area contributed by atoms with Gasteiger partial charge in [-0.2, -0.15) is 0 Å². The summed E-state index contributed by atoms with van der Waals surface area (Å²) in [5.41, 5.74) is -0.805. The quantitative estimate of drug-likeness (QED) is 0.762. The highest BCUT2D eigenvalue weighted by Gasteiger charge is 2.32. The monoisotopic (exact) mass is 245 g/mol. The van der Waals surface area contributed by atoms with Crippen molar-refractivity contribution in [3.63, 3.8) is 0 Å². The Hall–Kier alpha value is -0.650. The second kappa shape index (κ2) is 6.33. The summed E-state index contributed by atoms with van der Waals surface area (Å²) in [5.74, 6) is -0.0985. The fraction of sp³-hybridized carbons (Fsp3) is 0.917. The van der Waals surface area contributed by atoms with E-state index in [0.29, 0.717) is 32.6 Å². The third-order valence-electron chi connectivity index (χ3n) is 2.92. The van der Waals surface area contributed by atoms with E-state index in [1.165, 1.54) is 4.90 Å². The van der Waals surface area contributed by atoms with Crippen LogP contribution in [-0.2, 0) is 14.3 Å². The minimum atomic E-state index is -0.805. The van der Waals surface area contributed by atoms with Gasteiger partial charge < -0.3 is 19.5 Å². The van der Waals surface area contributed by atoms with Crippen molar-refractivity contribution in [3.8, 4) is 0 Å². The van der Waals surface area contributed by atoms with E-state index in [2.05, 4.69) is 0 Å². The van der Waals surface area contributed by atoms with Crippen LogP contribution in [0.5, 0.6) is 0 Å². The Morgan fingerprint density at radius 1 is 1.47 bits per heavy atom. The normalized spacial score (nSPS) is 19.4. The maximum absolute atomic E-state index is 11.7. The minimum Gasteiger partial charge on any atom is -0.388 e. The maximum atomic E-state index is 11.7. The van der Waals surface area contributed by atoms with Crippen molar-refractivity contribution in [1.29, 1.82) is 0 Å². The lowest BCUT2D eigenvalue weighted by molar-refractivity contribution is -0.142. The van der Waals surface area contributed by atoms with E-state index in [0.717, 1.165) is 0 Å². The van der Waals surface area contributed by atoms with E-state index >= 15 is 0 Å². The topological polar surface area (TPSA) is 59.0 Å². The molecule has 100 valence electrons. The zero-order chi connectivity index (χ0) is 12.9. The van der Waals surface area contributed by atoms with Gasteiger partial charge >= 0.3 is 0 Å². The SMILES string of the molecule is CC(C)OCC(=O)N(C)CC1(O)CCOCC1. The molecule has 1 N–H and O–H groups in total. The van der Waals surface area contributed by atoms with E-state index < -0.39 is 5.60 Å². The molecule has 1 aliphatic heterocycles. The Morgan fingerprint density at radius 3 is 2.59 bits per heavy atom. The molecule has 0 radical (unpaired) electrons.